The topological polar surface area (TPSA) is 102 Å². The quantitative estimate of drug-likeness (QED) is 0.884. The molecular weight excluding hydrogens is 274 g/mol. The van der Waals surface area contributed by atoms with Crippen molar-refractivity contribution < 1.29 is 14.2 Å². The molecule has 2 rings (SSSR count). The molecular formula is C13H13N5O3. The van der Waals surface area contributed by atoms with Crippen LogP contribution in [-0.4, -0.2) is 36.2 Å². The van der Waals surface area contributed by atoms with E-state index < -0.39 is 0 Å². The van der Waals surface area contributed by atoms with Crippen molar-refractivity contribution >= 4 is 5.95 Å². The van der Waals surface area contributed by atoms with Crippen molar-refractivity contribution in [2.75, 3.05) is 26.6 Å². The van der Waals surface area contributed by atoms with Gasteiger partial charge in [-0.1, -0.05) is 0 Å². The van der Waals surface area contributed by atoms with Crippen molar-refractivity contribution in [1.29, 1.82) is 5.26 Å². The number of benzene rings is 1. The van der Waals surface area contributed by atoms with Gasteiger partial charge in [0.25, 0.3) is 0 Å². The summed E-state index contributed by atoms with van der Waals surface area (Å²) in [6.45, 7) is 0. The summed E-state index contributed by atoms with van der Waals surface area (Å²) in [5.41, 5.74) is 0.402. The molecule has 2 aromatic rings. The van der Waals surface area contributed by atoms with Crippen LogP contribution >= 0.6 is 0 Å². The van der Waals surface area contributed by atoms with Crippen LogP contribution in [0.15, 0.2) is 18.2 Å². The monoisotopic (exact) mass is 287 g/mol. The van der Waals surface area contributed by atoms with Crippen molar-refractivity contribution in [2.24, 2.45) is 0 Å². The van der Waals surface area contributed by atoms with Crippen LogP contribution in [0.3, 0.4) is 0 Å². The molecule has 8 nitrogen and oxygen atoms in total. The molecule has 0 amide bonds. The molecule has 0 aliphatic heterocycles. The van der Waals surface area contributed by atoms with Crippen LogP contribution in [0.1, 0.15) is 5.56 Å². The molecule has 0 fully saturated rings. The van der Waals surface area contributed by atoms with Gasteiger partial charge in [-0.3, -0.25) is 0 Å². The minimum absolute atomic E-state index is 0.0448. The van der Waals surface area contributed by atoms with E-state index in [1.165, 1.54) is 14.2 Å². The molecule has 21 heavy (non-hydrogen) atoms. The fourth-order valence-electron chi connectivity index (χ4n) is 1.51. The maximum atomic E-state index is 8.98. The van der Waals surface area contributed by atoms with E-state index in [-0.39, 0.29) is 12.0 Å². The highest BCUT2D eigenvalue weighted by Crippen LogP contribution is 2.26. The molecule has 0 saturated heterocycles. The lowest BCUT2D eigenvalue weighted by molar-refractivity contribution is 0.359. The smallest absolute Gasteiger partial charge is 0.330 e. The first-order chi connectivity index (χ1) is 10.2. The Hall–Kier alpha value is -3.08. The molecule has 0 aliphatic rings. The number of nitrogens with zero attached hydrogens (tertiary/aromatic N) is 4. The standard InChI is InChI=1S/C13H13N5O3/c1-15-11-16-12(20-3)18-13(17-11)21-10-5-8(7-14)4-9(6-10)19-2/h4-6H,1-3H3,(H,15,16,17,18). The van der Waals surface area contributed by atoms with Gasteiger partial charge in [0.15, 0.2) is 0 Å². The molecule has 1 aromatic heterocycles. The van der Waals surface area contributed by atoms with E-state index in [2.05, 4.69) is 20.3 Å². The first-order valence-corrected chi connectivity index (χ1v) is 5.93. The summed E-state index contributed by atoms with van der Waals surface area (Å²) < 4.78 is 15.6. The molecule has 1 N–H and O–H groups in total. The maximum absolute atomic E-state index is 8.98. The molecule has 0 saturated carbocycles. The van der Waals surface area contributed by atoms with Gasteiger partial charge in [0.05, 0.1) is 25.9 Å². The van der Waals surface area contributed by atoms with Gasteiger partial charge in [0.1, 0.15) is 11.5 Å². The van der Waals surface area contributed by atoms with Gasteiger partial charge < -0.3 is 19.5 Å². The Bertz CT molecular complexity index is 662. The highest BCUT2D eigenvalue weighted by atomic mass is 16.5. The maximum Gasteiger partial charge on any atom is 0.330 e. The van der Waals surface area contributed by atoms with Gasteiger partial charge in [-0.25, -0.2) is 0 Å². The second kappa shape index (κ2) is 6.38. The average Bonchev–Trinajstić information content (AvgIpc) is 2.53. The minimum atomic E-state index is 0.0448. The molecule has 8 heteroatoms. The zero-order valence-corrected chi connectivity index (χ0v) is 11.7. The Balaban J connectivity index is 2.35. The normalized spacial score (nSPS) is 9.62. The molecule has 0 spiro atoms. The molecule has 0 atom stereocenters. The Morgan fingerprint density at radius 3 is 2.33 bits per heavy atom. The van der Waals surface area contributed by atoms with Crippen LogP contribution in [0, 0.1) is 11.3 Å². The third kappa shape index (κ3) is 3.48. The second-order valence-electron chi connectivity index (χ2n) is 3.79. The first-order valence-electron chi connectivity index (χ1n) is 5.93. The van der Waals surface area contributed by atoms with E-state index in [0.29, 0.717) is 23.0 Å². The fourth-order valence-corrected chi connectivity index (χ4v) is 1.51. The largest absolute Gasteiger partial charge is 0.497 e. The molecule has 1 heterocycles. The van der Waals surface area contributed by atoms with Gasteiger partial charge in [0.2, 0.25) is 5.95 Å². The summed E-state index contributed by atoms with van der Waals surface area (Å²) in [6, 6.07) is 6.96. The van der Waals surface area contributed by atoms with E-state index in [0.717, 1.165) is 0 Å². The Kier molecular flexibility index (Phi) is 4.36. The van der Waals surface area contributed by atoms with Crippen LogP contribution in [0.25, 0.3) is 0 Å². The lowest BCUT2D eigenvalue weighted by Gasteiger charge is -2.08. The van der Waals surface area contributed by atoms with Gasteiger partial charge in [-0.2, -0.15) is 15.2 Å². The zero-order chi connectivity index (χ0) is 15.2. The Morgan fingerprint density at radius 2 is 1.71 bits per heavy atom. The first kappa shape index (κ1) is 14.3. The van der Waals surface area contributed by atoms with Crippen LogP contribution < -0.4 is 19.5 Å². The number of methoxy groups -OCH3 is 2. The van der Waals surface area contributed by atoms with Crippen molar-refractivity contribution in [3.05, 3.63) is 23.8 Å². The molecule has 0 radical (unpaired) electrons. The number of nitriles is 1. The van der Waals surface area contributed by atoms with Crippen molar-refractivity contribution in [3.63, 3.8) is 0 Å². The highest BCUT2D eigenvalue weighted by molar-refractivity contribution is 5.44. The van der Waals surface area contributed by atoms with Gasteiger partial charge in [-0.05, 0) is 12.1 Å². The van der Waals surface area contributed by atoms with Gasteiger partial charge >= 0.3 is 12.0 Å². The molecule has 0 aliphatic carbocycles. The van der Waals surface area contributed by atoms with Crippen LogP contribution in [0.4, 0.5) is 5.95 Å². The fraction of sp³-hybridized carbons (Fsp3) is 0.231. The zero-order valence-electron chi connectivity index (χ0n) is 11.7. The molecule has 0 unspecified atom stereocenters. The summed E-state index contributed by atoms with van der Waals surface area (Å²) >= 11 is 0. The summed E-state index contributed by atoms with van der Waals surface area (Å²) in [5.74, 6) is 1.18. The predicted molar refractivity (Wildman–Crippen MR) is 73.7 cm³/mol. The van der Waals surface area contributed by atoms with E-state index in [9.17, 15) is 0 Å². The van der Waals surface area contributed by atoms with E-state index >= 15 is 0 Å². The number of aromatic nitrogens is 3. The Labute approximate surface area is 121 Å². The Morgan fingerprint density at radius 1 is 1.00 bits per heavy atom. The number of nitrogens with one attached hydrogen (secondary N) is 1. The molecule has 108 valence electrons. The SMILES string of the molecule is CNc1nc(OC)nc(Oc2cc(C#N)cc(OC)c2)n1. The summed E-state index contributed by atoms with van der Waals surface area (Å²) in [6.07, 6.45) is 0. The third-order valence-electron chi connectivity index (χ3n) is 2.45. The van der Waals surface area contributed by atoms with Crippen molar-refractivity contribution in [1.82, 2.24) is 15.0 Å². The number of anilines is 1. The second-order valence-corrected chi connectivity index (χ2v) is 3.79. The summed E-state index contributed by atoms with van der Waals surface area (Å²) in [4.78, 5) is 12.0. The number of hydrogen-bond donors (Lipinski definition) is 1. The van der Waals surface area contributed by atoms with Crippen molar-refractivity contribution in [3.8, 4) is 29.6 Å². The lowest BCUT2D eigenvalue weighted by Crippen LogP contribution is -2.03. The lowest BCUT2D eigenvalue weighted by atomic mass is 10.2. The van der Waals surface area contributed by atoms with Crippen molar-refractivity contribution in [2.45, 2.75) is 0 Å². The minimum Gasteiger partial charge on any atom is -0.497 e. The number of ether oxygens (including phenoxy) is 3. The third-order valence-corrected chi connectivity index (χ3v) is 2.45. The molecule has 0 bridgehead atoms. The van der Waals surface area contributed by atoms with Crippen LogP contribution in [0.2, 0.25) is 0 Å². The average molecular weight is 287 g/mol. The predicted octanol–water partition coefficient (Wildman–Crippen LogP) is 1.59. The van der Waals surface area contributed by atoms with E-state index in [1.807, 2.05) is 6.07 Å². The van der Waals surface area contributed by atoms with E-state index in [1.54, 1.807) is 25.2 Å². The van der Waals surface area contributed by atoms with Crippen LogP contribution in [-0.2, 0) is 0 Å². The van der Waals surface area contributed by atoms with Gasteiger partial charge in [-0.15, -0.1) is 4.98 Å². The summed E-state index contributed by atoms with van der Waals surface area (Å²) in [5, 5.41) is 11.8. The van der Waals surface area contributed by atoms with Gasteiger partial charge in [0, 0.05) is 13.1 Å². The number of hydrogen-bond acceptors (Lipinski definition) is 8. The molecule has 1 aromatic carbocycles. The highest BCUT2D eigenvalue weighted by Gasteiger charge is 2.10. The number of rotatable bonds is 5. The van der Waals surface area contributed by atoms with E-state index in [4.69, 9.17) is 19.5 Å². The van der Waals surface area contributed by atoms with Crippen LogP contribution in [0.5, 0.6) is 23.5 Å². The summed E-state index contributed by atoms with van der Waals surface area (Å²) in [7, 11) is 4.61.